The van der Waals surface area contributed by atoms with E-state index in [1.165, 1.54) is 0 Å². The molecule has 3 N–H and O–H groups in total. The van der Waals surface area contributed by atoms with Crippen LogP contribution >= 0.6 is 11.6 Å². The van der Waals surface area contributed by atoms with Crippen LogP contribution in [0, 0.1) is 0 Å². The molecule has 0 aliphatic carbocycles. The molecule has 9 nitrogen and oxygen atoms in total. The molecule has 1 spiro atoms. The first kappa shape index (κ1) is 20.2. The van der Waals surface area contributed by atoms with Crippen LogP contribution in [0.2, 0.25) is 5.02 Å². The van der Waals surface area contributed by atoms with Gasteiger partial charge in [-0.25, -0.2) is 0 Å². The molecule has 1 atom stereocenters. The third-order valence-corrected chi connectivity index (χ3v) is 5.67. The molecule has 2 aliphatic heterocycles. The molecule has 0 bridgehead atoms. The SMILES string of the molecule is O=C(CN1CCC2(CCC1=O)NC(=O)c1cc(Cl)ccc1N2)NCCn1cccn1. The summed E-state index contributed by atoms with van der Waals surface area (Å²) in [6, 6.07) is 6.93. The Kier molecular flexibility index (Phi) is 5.63. The van der Waals surface area contributed by atoms with Crippen LogP contribution in [0.25, 0.3) is 0 Å². The van der Waals surface area contributed by atoms with E-state index in [1.54, 1.807) is 34.0 Å². The molecule has 2 aromatic rings. The number of hydrogen-bond donors (Lipinski definition) is 3. The molecule has 158 valence electrons. The van der Waals surface area contributed by atoms with E-state index in [1.807, 2.05) is 12.3 Å². The number of amides is 3. The molecule has 30 heavy (non-hydrogen) atoms. The van der Waals surface area contributed by atoms with Crippen LogP contribution in [0.3, 0.4) is 0 Å². The molecular weight excluding hydrogens is 408 g/mol. The Morgan fingerprint density at radius 1 is 1.27 bits per heavy atom. The molecule has 0 saturated carbocycles. The number of anilines is 1. The summed E-state index contributed by atoms with van der Waals surface area (Å²) in [4.78, 5) is 39.0. The minimum Gasteiger partial charge on any atom is -0.362 e. The first-order valence-corrected chi connectivity index (χ1v) is 10.2. The van der Waals surface area contributed by atoms with Gasteiger partial charge in [0.1, 0.15) is 5.66 Å². The standard InChI is InChI=1S/C20H23ClN6O3/c21-14-2-3-16-15(12-14)19(30)25-20(24-16)5-4-18(29)26(10-6-20)13-17(28)22-8-11-27-9-1-7-23-27/h1-3,7,9,12,24H,4-6,8,10-11,13H2,(H,22,28)(H,25,30). The highest BCUT2D eigenvalue weighted by molar-refractivity contribution is 6.31. The molecule has 2 aliphatic rings. The molecule has 1 fully saturated rings. The van der Waals surface area contributed by atoms with E-state index in [4.69, 9.17) is 11.6 Å². The van der Waals surface area contributed by atoms with Gasteiger partial charge >= 0.3 is 0 Å². The summed E-state index contributed by atoms with van der Waals surface area (Å²) >= 11 is 6.00. The summed E-state index contributed by atoms with van der Waals surface area (Å²) in [5.41, 5.74) is 0.455. The Balaban J connectivity index is 1.35. The molecule has 1 aromatic heterocycles. The zero-order chi connectivity index (χ0) is 21.1. The zero-order valence-corrected chi connectivity index (χ0v) is 17.1. The molecule has 3 heterocycles. The van der Waals surface area contributed by atoms with Crippen LogP contribution in [0.1, 0.15) is 29.6 Å². The number of likely N-dealkylation sites (tertiary alicyclic amines) is 1. The Morgan fingerprint density at radius 3 is 2.93 bits per heavy atom. The normalized spacial score (nSPS) is 20.9. The average molecular weight is 431 g/mol. The number of carbonyl (C=O) groups excluding carboxylic acids is 3. The number of rotatable bonds is 5. The first-order valence-electron chi connectivity index (χ1n) is 9.86. The third-order valence-electron chi connectivity index (χ3n) is 5.44. The fourth-order valence-corrected chi connectivity index (χ4v) is 4.00. The molecule has 1 aromatic carbocycles. The number of aromatic nitrogens is 2. The number of nitrogens with one attached hydrogen (secondary N) is 3. The molecule has 1 unspecified atom stereocenters. The summed E-state index contributed by atoms with van der Waals surface area (Å²) < 4.78 is 1.73. The lowest BCUT2D eigenvalue weighted by Gasteiger charge is -2.40. The van der Waals surface area contributed by atoms with Crippen molar-refractivity contribution >= 4 is 35.0 Å². The van der Waals surface area contributed by atoms with Crippen LogP contribution in [0.4, 0.5) is 5.69 Å². The maximum absolute atomic E-state index is 12.6. The fraction of sp³-hybridized carbons (Fsp3) is 0.400. The summed E-state index contributed by atoms with van der Waals surface area (Å²) in [5.74, 6) is -0.539. The minimum atomic E-state index is -0.723. The van der Waals surface area contributed by atoms with Crippen molar-refractivity contribution in [3.63, 3.8) is 0 Å². The minimum absolute atomic E-state index is 0.00579. The van der Waals surface area contributed by atoms with Crippen LogP contribution < -0.4 is 16.0 Å². The summed E-state index contributed by atoms with van der Waals surface area (Å²) in [5, 5.41) is 13.8. The Bertz CT molecular complexity index is 963. The zero-order valence-electron chi connectivity index (χ0n) is 16.4. The molecule has 0 radical (unpaired) electrons. The van der Waals surface area contributed by atoms with Gasteiger partial charge in [0.05, 0.1) is 18.7 Å². The van der Waals surface area contributed by atoms with Gasteiger partial charge in [-0.3, -0.25) is 19.1 Å². The van der Waals surface area contributed by atoms with Crippen molar-refractivity contribution in [1.82, 2.24) is 25.3 Å². The van der Waals surface area contributed by atoms with E-state index in [9.17, 15) is 14.4 Å². The quantitative estimate of drug-likeness (QED) is 0.661. The predicted molar refractivity (Wildman–Crippen MR) is 111 cm³/mol. The van der Waals surface area contributed by atoms with Gasteiger partial charge in [-0.1, -0.05) is 11.6 Å². The van der Waals surface area contributed by atoms with E-state index < -0.39 is 5.66 Å². The summed E-state index contributed by atoms with van der Waals surface area (Å²) in [6.07, 6.45) is 4.67. The second kappa shape index (κ2) is 8.35. The molecule has 3 amide bonds. The van der Waals surface area contributed by atoms with Gasteiger partial charge in [0.2, 0.25) is 11.8 Å². The maximum atomic E-state index is 12.6. The first-order chi connectivity index (χ1) is 14.4. The van der Waals surface area contributed by atoms with Crippen molar-refractivity contribution in [2.24, 2.45) is 0 Å². The second-order valence-electron chi connectivity index (χ2n) is 7.54. The lowest BCUT2D eigenvalue weighted by atomic mass is 9.95. The number of hydrogen-bond acceptors (Lipinski definition) is 5. The molecule has 4 rings (SSSR count). The summed E-state index contributed by atoms with van der Waals surface area (Å²) in [6.45, 7) is 1.36. The second-order valence-corrected chi connectivity index (χ2v) is 7.97. The Morgan fingerprint density at radius 2 is 2.13 bits per heavy atom. The predicted octanol–water partition coefficient (Wildman–Crippen LogP) is 1.22. The lowest BCUT2D eigenvalue weighted by Crippen LogP contribution is -2.58. The third kappa shape index (κ3) is 4.40. The highest BCUT2D eigenvalue weighted by Crippen LogP contribution is 2.32. The fourth-order valence-electron chi connectivity index (χ4n) is 3.83. The number of halogens is 1. The van der Waals surface area contributed by atoms with Crippen molar-refractivity contribution < 1.29 is 14.4 Å². The van der Waals surface area contributed by atoms with Gasteiger partial charge < -0.3 is 20.9 Å². The smallest absolute Gasteiger partial charge is 0.255 e. The van der Waals surface area contributed by atoms with E-state index in [-0.39, 0.29) is 30.7 Å². The number of fused-ring (bicyclic) bond motifs is 1. The van der Waals surface area contributed by atoms with Crippen LogP contribution in [-0.2, 0) is 16.1 Å². The molecule has 10 heteroatoms. The summed E-state index contributed by atoms with van der Waals surface area (Å²) in [7, 11) is 0. The van der Waals surface area contributed by atoms with Gasteiger partial charge in [-0.2, -0.15) is 5.10 Å². The maximum Gasteiger partial charge on any atom is 0.255 e. The number of benzene rings is 1. The van der Waals surface area contributed by atoms with Crippen molar-refractivity contribution in [2.45, 2.75) is 31.5 Å². The monoisotopic (exact) mass is 430 g/mol. The van der Waals surface area contributed by atoms with Crippen molar-refractivity contribution in [3.05, 3.63) is 47.2 Å². The van der Waals surface area contributed by atoms with E-state index in [2.05, 4.69) is 21.0 Å². The average Bonchev–Trinajstić information content (AvgIpc) is 3.19. The van der Waals surface area contributed by atoms with E-state index in [0.29, 0.717) is 48.7 Å². The van der Waals surface area contributed by atoms with Crippen molar-refractivity contribution in [2.75, 3.05) is 25.0 Å². The number of carbonyl (C=O) groups is 3. The van der Waals surface area contributed by atoms with Gasteiger partial charge in [0, 0.05) is 49.0 Å². The van der Waals surface area contributed by atoms with Gasteiger partial charge in [-0.15, -0.1) is 0 Å². The Labute approximate surface area is 178 Å². The molecule has 1 saturated heterocycles. The molecular formula is C20H23ClN6O3. The van der Waals surface area contributed by atoms with Crippen LogP contribution in [-0.4, -0.2) is 57.7 Å². The van der Waals surface area contributed by atoms with Crippen LogP contribution in [0.5, 0.6) is 0 Å². The lowest BCUT2D eigenvalue weighted by molar-refractivity contribution is -0.135. The Hall–Kier alpha value is -3.07. The van der Waals surface area contributed by atoms with Crippen molar-refractivity contribution in [3.8, 4) is 0 Å². The number of nitrogens with zero attached hydrogens (tertiary/aromatic N) is 3. The highest BCUT2D eigenvalue weighted by atomic mass is 35.5. The van der Waals surface area contributed by atoms with Gasteiger partial charge in [0.25, 0.3) is 5.91 Å². The van der Waals surface area contributed by atoms with Crippen LogP contribution in [0.15, 0.2) is 36.7 Å². The van der Waals surface area contributed by atoms with Gasteiger partial charge in [0.15, 0.2) is 0 Å². The topological polar surface area (TPSA) is 108 Å². The van der Waals surface area contributed by atoms with Gasteiger partial charge in [-0.05, 0) is 30.7 Å². The van der Waals surface area contributed by atoms with Crippen molar-refractivity contribution in [1.29, 1.82) is 0 Å². The van der Waals surface area contributed by atoms with E-state index >= 15 is 0 Å². The van der Waals surface area contributed by atoms with E-state index in [0.717, 1.165) is 0 Å². The highest BCUT2D eigenvalue weighted by Gasteiger charge is 2.40. The largest absolute Gasteiger partial charge is 0.362 e.